The maximum Gasteiger partial charge on any atom is 0.0106 e. The largest absolute Gasteiger partial charge is 0.0925 e. The van der Waals surface area contributed by atoms with Crippen molar-refractivity contribution in [2.45, 2.75) is 41.5 Å². The van der Waals surface area contributed by atoms with E-state index in [0.29, 0.717) is 0 Å². The molecule has 0 unspecified atom stereocenters. The van der Waals surface area contributed by atoms with Crippen molar-refractivity contribution in [2.75, 3.05) is 0 Å². The summed E-state index contributed by atoms with van der Waals surface area (Å²) in [6.07, 6.45) is 0. The lowest BCUT2D eigenvalue weighted by Crippen LogP contribution is -1.78. The molecule has 0 rings (SSSR count). The van der Waals surface area contributed by atoms with Crippen LogP contribution in [0.5, 0.6) is 0 Å². The van der Waals surface area contributed by atoms with Gasteiger partial charge < -0.3 is 0 Å². The van der Waals surface area contributed by atoms with E-state index in [0.717, 1.165) is 22.3 Å². The number of allylic oxidation sites excluding steroid dienone is 4. The second kappa shape index (κ2) is 12.9. The topological polar surface area (TPSA) is 0 Å². The molecule has 0 fully saturated rings. The molecule has 0 saturated carbocycles. The molecule has 0 N–H and O–H groups in total. The Bertz CT molecular complexity index is 563. The van der Waals surface area contributed by atoms with Crippen molar-refractivity contribution < 1.29 is 0 Å². The summed E-state index contributed by atoms with van der Waals surface area (Å²) in [7, 11) is 0. The SMILES string of the molecule is C=C(C)C#C/C(C)=C(\C)C#CC(=C)C.CC#CC#CC. The van der Waals surface area contributed by atoms with Gasteiger partial charge in [0.15, 0.2) is 0 Å². The lowest BCUT2D eigenvalue weighted by molar-refractivity contribution is 1.43. The summed E-state index contributed by atoms with van der Waals surface area (Å²) in [5.41, 5.74) is 3.71. The van der Waals surface area contributed by atoms with E-state index in [9.17, 15) is 0 Å². The van der Waals surface area contributed by atoms with Crippen LogP contribution >= 0.6 is 0 Å². The van der Waals surface area contributed by atoms with Gasteiger partial charge in [0, 0.05) is 11.1 Å². The predicted octanol–water partition coefficient (Wildman–Crippen LogP) is 4.51. The zero-order valence-corrected chi connectivity index (χ0v) is 13.4. The van der Waals surface area contributed by atoms with Gasteiger partial charge in [-0.15, -0.1) is 0 Å². The first-order chi connectivity index (χ1) is 9.34. The Morgan fingerprint density at radius 3 is 1.10 bits per heavy atom. The summed E-state index contributed by atoms with van der Waals surface area (Å²) in [6, 6.07) is 0. The van der Waals surface area contributed by atoms with Crippen LogP contribution < -0.4 is 0 Å². The minimum absolute atomic E-state index is 0.866. The lowest BCUT2D eigenvalue weighted by Gasteiger charge is -1.91. The number of rotatable bonds is 0. The van der Waals surface area contributed by atoms with Crippen LogP contribution in [0.1, 0.15) is 41.5 Å². The van der Waals surface area contributed by atoms with E-state index >= 15 is 0 Å². The molecule has 0 aliphatic carbocycles. The van der Waals surface area contributed by atoms with E-state index in [1.54, 1.807) is 13.8 Å². The van der Waals surface area contributed by atoms with Crippen molar-refractivity contribution in [3.63, 3.8) is 0 Å². The Morgan fingerprint density at radius 2 is 0.900 bits per heavy atom. The van der Waals surface area contributed by atoms with Gasteiger partial charge in [-0.05, 0) is 64.5 Å². The van der Waals surface area contributed by atoms with Crippen LogP contribution in [-0.2, 0) is 0 Å². The summed E-state index contributed by atoms with van der Waals surface area (Å²) in [5.74, 6) is 22.3. The predicted molar refractivity (Wildman–Crippen MR) is 90.5 cm³/mol. The summed E-state index contributed by atoms with van der Waals surface area (Å²) >= 11 is 0. The van der Waals surface area contributed by atoms with Crippen LogP contribution in [0.15, 0.2) is 35.5 Å². The maximum absolute atomic E-state index is 3.71. The van der Waals surface area contributed by atoms with Gasteiger partial charge in [0.05, 0.1) is 0 Å². The van der Waals surface area contributed by atoms with Crippen LogP contribution in [0.3, 0.4) is 0 Å². The summed E-state index contributed by atoms with van der Waals surface area (Å²) in [4.78, 5) is 0. The quantitative estimate of drug-likeness (QED) is 0.563. The molecule has 0 aromatic carbocycles. The van der Waals surface area contributed by atoms with Crippen LogP contribution in [-0.4, -0.2) is 0 Å². The second-order valence-electron chi connectivity index (χ2n) is 4.06. The second-order valence-corrected chi connectivity index (χ2v) is 4.06. The molecule has 0 amide bonds. The summed E-state index contributed by atoms with van der Waals surface area (Å²) in [5, 5.41) is 0. The van der Waals surface area contributed by atoms with Crippen LogP contribution in [0.25, 0.3) is 0 Å². The molecule has 0 radical (unpaired) electrons. The van der Waals surface area contributed by atoms with Gasteiger partial charge in [-0.1, -0.05) is 48.7 Å². The van der Waals surface area contributed by atoms with Crippen molar-refractivity contribution in [2.24, 2.45) is 0 Å². The summed E-state index contributed by atoms with van der Waals surface area (Å²) in [6.45, 7) is 18.6. The first-order valence-electron chi connectivity index (χ1n) is 6.21. The van der Waals surface area contributed by atoms with Crippen molar-refractivity contribution in [1.82, 2.24) is 0 Å². The van der Waals surface area contributed by atoms with Gasteiger partial charge in [0.2, 0.25) is 0 Å². The fourth-order valence-corrected chi connectivity index (χ4v) is 0.713. The Hall–Kier alpha value is -2.54. The van der Waals surface area contributed by atoms with E-state index in [1.165, 1.54) is 0 Å². The fraction of sp³-hybridized carbons (Fsp3) is 0.300. The van der Waals surface area contributed by atoms with E-state index in [1.807, 2.05) is 27.7 Å². The third kappa shape index (κ3) is 15.5. The lowest BCUT2D eigenvalue weighted by atomic mass is 10.1. The van der Waals surface area contributed by atoms with Gasteiger partial charge in [-0.25, -0.2) is 0 Å². The molecule has 0 atom stereocenters. The minimum atomic E-state index is 0.866. The Labute approximate surface area is 125 Å². The first-order valence-corrected chi connectivity index (χ1v) is 6.21. The van der Waals surface area contributed by atoms with E-state index in [4.69, 9.17) is 0 Å². The highest BCUT2D eigenvalue weighted by Crippen LogP contribution is 2.01. The molecule has 102 valence electrons. The van der Waals surface area contributed by atoms with E-state index in [2.05, 4.69) is 60.5 Å². The summed E-state index contributed by atoms with van der Waals surface area (Å²) < 4.78 is 0. The molecule has 0 aliphatic rings. The molecule has 0 heteroatoms. The Balaban J connectivity index is 0. The standard InChI is InChI=1S/C14H16.C6H6/c1-11(2)7-9-13(5)14(6)10-8-12(3)4;1-3-5-6-4-2/h1,3H2,2,4-6H3;1-2H3/b14-13+;. The molecule has 0 heterocycles. The zero-order valence-electron chi connectivity index (χ0n) is 13.4. The molecule has 0 saturated heterocycles. The smallest absolute Gasteiger partial charge is 0.0106 e. The van der Waals surface area contributed by atoms with Crippen LogP contribution in [0.2, 0.25) is 0 Å². The average Bonchev–Trinajstić information content (AvgIpc) is 2.40. The van der Waals surface area contributed by atoms with Crippen molar-refractivity contribution in [3.05, 3.63) is 35.5 Å². The van der Waals surface area contributed by atoms with Crippen molar-refractivity contribution in [3.8, 4) is 47.4 Å². The maximum atomic E-state index is 3.71. The molecule has 0 aromatic heterocycles. The highest BCUT2D eigenvalue weighted by molar-refractivity contribution is 5.45. The van der Waals surface area contributed by atoms with E-state index < -0.39 is 0 Å². The molecule has 0 aliphatic heterocycles. The molecule has 20 heavy (non-hydrogen) atoms. The third-order valence-electron chi connectivity index (χ3n) is 1.80. The van der Waals surface area contributed by atoms with Gasteiger partial charge in [-0.3, -0.25) is 0 Å². The molecular formula is C20H22. The average molecular weight is 262 g/mol. The monoisotopic (exact) mass is 262 g/mol. The zero-order chi connectivity index (χ0) is 16.0. The first kappa shape index (κ1) is 19.8. The minimum Gasteiger partial charge on any atom is -0.0925 e. The number of hydrogen-bond acceptors (Lipinski definition) is 0. The van der Waals surface area contributed by atoms with Crippen molar-refractivity contribution >= 4 is 0 Å². The van der Waals surface area contributed by atoms with Crippen LogP contribution in [0.4, 0.5) is 0 Å². The van der Waals surface area contributed by atoms with Crippen LogP contribution in [0, 0.1) is 47.4 Å². The molecule has 0 bridgehead atoms. The normalized spacial score (nSPS) is 8.10. The van der Waals surface area contributed by atoms with Gasteiger partial charge in [0.1, 0.15) is 0 Å². The van der Waals surface area contributed by atoms with Gasteiger partial charge in [-0.2, -0.15) is 0 Å². The van der Waals surface area contributed by atoms with Gasteiger partial charge >= 0.3 is 0 Å². The molecular weight excluding hydrogens is 240 g/mol. The third-order valence-corrected chi connectivity index (χ3v) is 1.80. The Morgan fingerprint density at radius 1 is 0.600 bits per heavy atom. The highest BCUT2D eigenvalue weighted by Gasteiger charge is 1.87. The fourth-order valence-electron chi connectivity index (χ4n) is 0.713. The molecule has 0 nitrogen and oxygen atoms in total. The van der Waals surface area contributed by atoms with Gasteiger partial charge in [0.25, 0.3) is 0 Å². The van der Waals surface area contributed by atoms with Crippen molar-refractivity contribution in [1.29, 1.82) is 0 Å². The molecule has 0 aromatic rings. The highest BCUT2D eigenvalue weighted by atomic mass is 13.9. The Kier molecular flexibility index (Phi) is 12.8. The van der Waals surface area contributed by atoms with E-state index in [-0.39, 0.29) is 0 Å². The number of hydrogen-bond donors (Lipinski definition) is 0. The molecule has 0 spiro atoms.